The zero-order valence-electron chi connectivity index (χ0n) is 23.4. The van der Waals surface area contributed by atoms with E-state index in [1.54, 1.807) is 12.1 Å². The van der Waals surface area contributed by atoms with E-state index in [0.717, 1.165) is 22.4 Å². The quantitative estimate of drug-likeness (QED) is 0.253. The van der Waals surface area contributed by atoms with Gasteiger partial charge < -0.3 is 10.1 Å². The van der Waals surface area contributed by atoms with Crippen molar-refractivity contribution in [1.29, 1.82) is 0 Å². The molecule has 1 aliphatic heterocycles. The number of aromatic nitrogens is 3. The maximum atomic E-state index is 12.8. The minimum absolute atomic E-state index is 0.127. The van der Waals surface area contributed by atoms with Gasteiger partial charge in [0.1, 0.15) is 12.1 Å². The van der Waals surface area contributed by atoms with Crippen molar-refractivity contribution < 1.29 is 27.5 Å². The number of hydrogen-bond donors (Lipinski definition) is 1. The summed E-state index contributed by atoms with van der Waals surface area (Å²) in [5.74, 6) is 0.302. The Morgan fingerprint density at radius 2 is 1.86 bits per heavy atom. The van der Waals surface area contributed by atoms with Crippen LogP contribution in [-0.2, 0) is 11.3 Å². The second-order valence-corrected chi connectivity index (χ2v) is 10.9. The Balaban J connectivity index is 1.27. The molecule has 0 radical (unpaired) electrons. The van der Waals surface area contributed by atoms with Gasteiger partial charge in [-0.2, -0.15) is 4.99 Å². The first-order valence-electron chi connectivity index (χ1n) is 13.3. The van der Waals surface area contributed by atoms with Crippen LogP contribution in [0.2, 0.25) is 0 Å². The highest BCUT2D eigenvalue weighted by Crippen LogP contribution is 2.36. The summed E-state index contributed by atoms with van der Waals surface area (Å²) in [4.78, 5) is 35.7. The van der Waals surface area contributed by atoms with Crippen LogP contribution in [0.5, 0.6) is 5.75 Å². The highest BCUT2D eigenvalue weighted by atomic mass is 32.2. The number of rotatable bonds is 7. The van der Waals surface area contributed by atoms with E-state index in [-0.39, 0.29) is 29.9 Å². The van der Waals surface area contributed by atoms with Crippen LogP contribution in [0.25, 0.3) is 17.1 Å². The molecule has 43 heavy (non-hydrogen) atoms. The van der Waals surface area contributed by atoms with Crippen molar-refractivity contribution in [3.8, 4) is 22.8 Å². The molecule has 0 unspecified atom stereocenters. The number of ether oxygens (including phenoxy) is 1. The van der Waals surface area contributed by atoms with Gasteiger partial charge in [-0.05, 0) is 59.9 Å². The molecule has 2 heterocycles. The van der Waals surface area contributed by atoms with Gasteiger partial charge in [0.15, 0.2) is 11.0 Å². The second-order valence-electron chi connectivity index (χ2n) is 9.99. The molecule has 4 aromatic rings. The number of aryl methyl sites for hydroxylation is 1. The first-order valence-corrected chi connectivity index (χ1v) is 14.3. The van der Waals surface area contributed by atoms with Crippen LogP contribution in [0.1, 0.15) is 36.5 Å². The van der Waals surface area contributed by atoms with E-state index in [9.17, 15) is 22.8 Å². The Labute approximate surface area is 249 Å². The van der Waals surface area contributed by atoms with Crippen molar-refractivity contribution in [2.75, 3.05) is 10.7 Å². The summed E-state index contributed by atoms with van der Waals surface area (Å²) in [7, 11) is 0. The van der Waals surface area contributed by atoms with Crippen LogP contribution < -0.4 is 15.0 Å². The average molecular weight is 609 g/mol. The Morgan fingerprint density at radius 1 is 1.12 bits per heavy atom. The van der Waals surface area contributed by atoms with E-state index in [4.69, 9.17) is 0 Å². The standard InChI is InChI=1S/C30H27F3N6O3S/c1-18(2)24-9-4-6-19(3)26(24)39-25(40)16-43-29(39)36-28(41)34-15-20-7-5-8-21(14-20)27-35-17-38(37-27)22-10-12-23(13-11-22)42-30(31,32)33/h4-14,17-18H,15-16H2,1-3H3,(H,34,41)/b36-29-. The van der Waals surface area contributed by atoms with E-state index >= 15 is 0 Å². The lowest BCUT2D eigenvalue weighted by Crippen LogP contribution is -2.32. The van der Waals surface area contributed by atoms with Gasteiger partial charge in [0.2, 0.25) is 5.91 Å². The number of halogens is 3. The predicted octanol–water partition coefficient (Wildman–Crippen LogP) is 6.61. The summed E-state index contributed by atoms with van der Waals surface area (Å²) in [5, 5.41) is 7.54. The smallest absolute Gasteiger partial charge is 0.406 e. The molecule has 0 atom stereocenters. The number of hydrogen-bond acceptors (Lipinski definition) is 6. The van der Waals surface area contributed by atoms with E-state index in [0.29, 0.717) is 22.2 Å². The zero-order chi connectivity index (χ0) is 30.7. The summed E-state index contributed by atoms with van der Waals surface area (Å²) in [6.45, 7) is 6.21. The minimum atomic E-state index is -4.77. The first-order chi connectivity index (χ1) is 20.5. The van der Waals surface area contributed by atoms with E-state index in [1.165, 1.54) is 51.9 Å². The monoisotopic (exact) mass is 608 g/mol. The van der Waals surface area contributed by atoms with Crippen LogP contribution in [0.15, 0.2) is 78.0 Å². The van der Waals surface area contributed by atoms with Gasteiger partial charge in [-0.15, -0.1) is 18.3 Å². The molecular weight excluding hydrogens is 581 g/mol. The molecule has 1 N–H and O–H groups in total. The predicted molar refractivity (Wildman–Crippen MR) is 158 cm³/mol. The van der Waals surface area contributed by atoms with Gasteiger partial charge in [-0.1, -0.05) is 62.0 Å². The second kappa shape index (κ2) is 12.3. The molecule has 0 aliphatic carbocycles. The highest BCUT2D eigenvalue weighted by molar-refractivity contribution is 8.15. The third-order valence-corrected chi connectivity index (χ3v) is 7.46. The fourth-order valence-electron chi connectivity index (χ4n) is 4.56. The van der Waals surface area contributed by atoms with Gasteiger partial charge in [0.05, 0.1) is 17.1 Å². The van der Waals surface area contributed by atoms with E-state index in [2.05, 4.69) is 39.0 Å². The number of urea groups is 1. The summed E-state index contributed by atoms with van der Waals surface area (Å²) >= 11 is 1.23. The minimum Gasteiger partial charge on any atom is -0.406 e. The summed E-state index contributed by atoms with van der Waals surface area (Å²) in [6, 6.07) is 17.8. The molecule has 13 heteroatoms. The highest BCUT2D eigenvalue weighted by Gasteiger charge is 2.33. The van der Waals surface area contributed by atoms with Gasteiger partial charge in [-0.25, -0.2) is 14.5 Å². The van der Waals surface area contributed by atoms with Gasteiger partial charge in [0, 0.05) is 12.1 Å². The molecule has 1 aliphatic rings. The number of alkyl halides is 3. The average Bonchev–Trinajstić information content (AvgIpc) is 3.59. The molecule has 1 fully saturated rings. The normalized spacial score (nSPS) is 14.5. The number of para-hydroxylation sites is 1. The lowest BCUT2D eigenvalue weighted by Gasteiger charge is -2.23. The van der Waals surface area contributed by atoms with Gasteiger partial charge in [0.25, 0.3) is 0 Å². The molecule has 9 nitrogen and oxygen atoms in total. The summed E-state index contributed by atoms with van der Waals surface area (Å²) in [6.07, 6.45) is -3.32. The van der Waals surface area contributed by atoms with Gasteiger partial charge >= 0.3 is 12.4 Å². The SMILES string of the molecule is Cc1cccc(C(C)C)c1N1C(=O)CS/C1=N\C(=O)NCc1cccc(-c2ncn(-c3ccc(OC(F)(F)F)cc3)n2)c1. The largest absolute Gasteiger partial charge is 0.573 e. The molecule has 5 rings (SSSR count). The van der Waals surface area contributed by atoms with Crippen molar-refractivity contribution in [2.45, 2.75) is 39.6 Å². The number of thioether (sulfide) groups is 1. The maximum Gasteiger partial charge on any atom is 0.573 e. The Kier molecular flexibility index (Phi) is 8.53. The first kappa shape index (κ1) is 29.8. The Hall–Kier alpha value is -4.65. The van der Waals surface area contributed by atoms with Crippen LogP contribution in [0, 0.1) is 6.92 Å². The Morgan fingerprint density at radius 3 is 2.58 bits per heavy atom. The van der Waals surface area contributed by atoms with Crippen molar-refractivity contribution in [2.24, 2.45) is 4.99 Å². The lowest BCUT2D eigenvalue weighted by atomic mass is 9.97. The third kappa shape index (κ3) is 7.05. The number of carbonyl (C=O) groups is 2. The van der Waals surface area contributed by atoms with Crippen molar-refractivity contribution in [3.63, 3.8) is 0 Å². The molecule has 0 saturated carbocycles. The fraction of sp³-hybridized carbons (Fsp3) is 0.233. The van der Waals surface area contributed by atoms with Gasteiger partial charge in [-0.3, -0.25) is 9.69 Å². The topological polar surface area (TPSA) is 102 Å². The molecule has 0 bridgehead atoms. The molecule has 1 saturated heterocycles. The maximum absolute atomic E-state index is 12.8. The molecular formula is C30H27F3N6O3S. The molecule has 3 amide bonds. The number of aliphatic imine (C=N–C) groups is 1. The van der Waals surface area contributed by atoms with Crippen LogP contribution in [0.4, 0.5) is 23.7 Å². The summed E-state index contributed by atoms with van der Waals surface area (Å²) in [5.41, 5.74) is 4.64. The lowest BCUT2D eigenvalue weighted by molar-refractivity contribution is -0.274. The number of carbonyl (C=O) groups excluding carboxylic acids is 2. The third-order valence-electron chi connectivity index (χ3n) is 6.53. The zero-order valence-corrected chi connectivity index (χ0v) is 24.2. The number of benzene rings is 3. The van der Waals surface area contributed by atoms with Crippen molar-refractivity contribution >= 4 is 34.6 Å². The molecule has 3 aromatic carbocycles. The Bertz CT molecular complexity index is 1690. The number of nitrogens with zero attached hydrogens (tertiary/aromatic N) is 5. The van der Waals surface area contributed by atoms with Crippen LogP contribution >= 0.6 is 11.8 Å². The van der Waals surface area contributed by atoms with Crippen molar-refractivity contribution in [3.05, 3.63) is 89.7 Å². The molecule has 0 spiro atoms. The van der Waals surface area contributed by atoms with Crippen LogP contribution in [0.3, 0.4) is 0 Å². The molecule has 222 valence electrons. The number of amides is 3. The number of amidine groups is 1. The fourth-order valence-corrected chi connectivity index (χ4v) is 5.41. The van der Waals surface area contributed by atoms with Crippen LogP contribution in [-0.4, -0.2) is 44.0 Å². The molecule has 1 aromatic heterocycles. The number of nitrogens with one attached hydrogen (secondary N) is 1. The van der Waals surface area contributed by atoms with E-state index in [1.807, 2.05) is 37.3 Å². The van der Waals surface area contributed by atoms with E-state index < -0.39 is 12.4 Å². The summed E-state index contributed by atoms with van der Waals surface area (Å²) < 4.78 is 42.6. The number of anilines is 1. The van der Waals surface area contributed by atoms with Crippen molar-refractivity contribution in [1.82, 2.24) is 20.1 Å².